The summed E-state index contributed by atoms with van der Waals surface area (Å²) in [6, 6.07) is 11.4. The molecule has 0 amide bonds. The lowest BCUT2D eigenvalue weighted by Crippen LogP contribution is -2.32. The summed E-state index contributed by atoms with van der Waals surface area (Å²) in [6.45, 7) is 6.79. The van der Waals surface area contributed by atoms with Crippen LogP contribution >= 0.6 is 0 Å². The van der Waals surface area contributed by atoms with E-state index in [0.29, 0.717) is 6.04 Å². The van der Waals surface area contributed by atoms with Gasteiger partial charge < -0.3 is 5.32 Å². The van der Waals surface area contributed by atoms with Gasteiger partial charge in [0.1, 0.15) is 0 Å². The van der Waals surface area contributed by atoms with Crippen molar-refractivity contribution in [2.24, 2.45) is 0 Å². The van der Waals surface area contributed by atoms with E-state index in [2.05, 4.69) is 47.5 Å². The van der Waals surface area contributed by atoms with Crippen molar-refractivity contribution < 1.29 is 0 Å². The fraction of sp³-hybridized carbons (Fsp3) is 0.538. The van der Waals surface area contributed by atoms with Gasteiger partial charge in [0, 0.05) is 25.7 Å². The van der Waals surface area contributed by atoms with Crippen LogP contribution in [0.2, 0.25) is 0 Å². The highest BCUT2D eigenvalue weighted by atomic mass is 15.2. The Morgan fingerprint density at radius 3 is 2.87 bits per heavy atom. The summed E-state index contributed by atoms with van der Waals surface area (Å²) < 4.78 is 0. The number of hydrogen-bond donors (Lipinski definition) is 1. The van der Waals surface area contributed by atoms with E-state index in [1.54, 1.807) is 0 Å². The van der Waals surface area contributed by atoms with Crippen LogP contribution in [0.4, 0.5) is 0 Å². The molecule has 0 aromatic heterocycles. The summed E-state index contributed by atoms with van der Waals surface area (Å²) >= 11 is 0. The second-order valence-electron chi connectivity index (χ2n) is 4.26. The van der Waals surface area contributed by atoms with E-state index >= 15 is 0 Å². The van der Waals surface area contributed by atoms with Gasteiger partial charge in [0.2, 0.25) is 0 Å². The first kappa shape index (κ1) is 10.7. The van der Waals surface area contributed by atoms with Crippen LogP contribution in [0.25, 0.3) is 0 Å². The number of likely N-dealkylation sites (tertiary alicyclic amines) is 1. The molecule has 1 unspecified atom stereocenters. The largest absolute Gasteiger partial charge is 0.313 e. The van der Waals surface area contributed by atoms with Gasteiger partial charge in [-0.2, -0.15) is 0 Å². The quantitative estimate of drug-likeness (QED) is 0.805. The lowest BCUT2D eigenvalue weighted by molar-refractivity contribution is 0.321. The lowest BCUT2D eigenvalue weighted by atomic mass is 10.2. The minimum absolute atomic E-state index is 0.707. The third-order valence-corrected chi connectivity index (χ3v) is 3.01. The molecule has 1 aromatic carbocycles. The molecule has 2 rings (SSSR count). The molecule has 1 aromatic rings. The zero-order chi connectivity index (χ0) is 10.5. The molecule has 1 aliphatic rings. The Balaban J connectivity index is 1.82. The zero-order valence-corrected chi connectivity index (χ0v) is 9.45. The Labute approximate surface area is 92.3 Å². The fourth-order valence-electron chi connectivity index (χ4n) is 2.27. The van der Waals surface area contributed by atoms with Gasteiger partial charge in [-0.1, -0.05) is 37.3 Å². The van der Waals surface area contributed by atoms with Gasteiger partial charge in [-0.3, -0.25) is 4.90 Å². The van der Waals surface area contributed by atoms with E-state index < -0.39 is 0 Å². The Morgan fingerprint density at radius 1 is 1.33 bits per heavy atom. The van der Waals surface area contributed by atoms with Crippen molar-refractivity contribution in [2.75, 3.05) is 19.6 Å². The highest BCUT2D eigenvalue weighted by Gasteiger charge is 2.20. The van der Waals surface area contributed by atoms with Crippen molar-refractivity contribution in [1.82, 2.24) is 10.2 Å². The molecular formula is C13H20N2. The van der Waals surface area contributed by atoms with Gasteiger partial charge >= 0.3 is 0 Å². The van der Waals surface area contributed by atoms with Crippen LogP contribution in [0.1, 0.15) is 18.9 Å². The van der Waals surface area contributed by atoms with Crippen molar-refractivity contribution in [3.8, 4) is 0 Å². The number of likely N-dealkylation sites (N-methyl/N-ethyl adjacent to an activating group) is 1. The van der Waals surface area contributed by atoms with Gasteiger partial charge in [0.25, 0.3) is 0 Å². The third kappa shape index (κ3) is 3.05. The first-order valence-corrected chi connectivity index (χ1v) is 5.88. The van der Waals surface area contributed by atoms with Crippen molar-refractivity contribution in [3.63, 3.8) is 0 Å². The van der Waals surface area contributed by atoms with Crippen LogP contribution in [-0.4, -0.2) is 30.6 Å². The van der Waals surface area contributed by atoms with E-state index in [0.717, 1.165) is 13.1 Å². The summed E-state index contributed by atoms with van der Waals surface area (Å²) in [6.07, 6.45) is 1.29. The normalized spacial score (nSPS) is 22.1. The molecule has 1 aliphatic heterocycles. The van der Waals surface area contributed by atoms with Crippen LogP contribution in [0, 0.1) is 0 Å². The number of nitrogens with one attached hydrogen (secondary N) is 1. The molecule has 1 saturated heterocycles. The SMILES string of the molecule is CCNC1CCN(Cc2ccccc2)C1. The van der Waals surface area contributed by atoms with Crippen molar-refractivity contribution in [3.05, 3.63) is 35.9 Å². The van der Waals surface area contributed by atoms with Crippen LogP contribution in [0.3, 0.4) is 0 Å². The Hall–Kier alpha value is -0.860. The second kappa shape index (κ2) is 5.29. The van der Waals surface area contributed by atoms with E-state index in [1.165, 1.54) is 25.1 Å². The van der Waals surface area contributed by atoms with Gasteiger partial charge in [-0.25, -0.2) is 0 Å². The van der Waals surface area contributed by atoms with Crippen LogP contribution in [-0.2, 0) is 6.54 Å². The summed E-state index contributed by atoms with van der Waals surface area (Å²) in [7, 11) is 0. The number of benzene rings is 1. The monoisotopic (exact) mass is 204 g/mol. The molecule has 0 bridgehead atoms. The molecule has 2 nitrogen and oxygen atoms in total. The molecule has 82 valence electrons. The number of hydrogen-bond acceptors (Lipinski definition) is 2. The minimum atomic E-state index is 0.707. The summed E-state index contributed by atoms with van der Waals surface area (Å²) in [4.78, 5) is 2.53. The maximum atomic E-state index is 3.52. The maximum Gasteiger partial charge on any atom is 0.0234 e. The molecule has 0 saturated carbocycles. The number of rotatable bonds is 4. The fourth-order valence-corrected chi connectivity index (χ4v) is 2.27. The predicted octanol–water partition coefficient (Wildman–Crippen LogP) is 1.87. The molecule has 0 spiro atoms. The standard InChI is InChI=1S/C13H20N2/c1-2-14-13-8-9-15(11-13)10-12-6-4-3-5-7-12/h3-7,13-14H,2,8-11H2,1H3. The van der Waals surface area contributed by atoms with E-state index in [9.17, 15) is 0 Å². The molecule has 15 heavy (non-hydrogen) atoms. The number of nitrogens with zero attached hydrogens (tertiary/aromatic N) is 1. The first-order chi connectivity index (χ1) is 7.38. The summed E-state index contributed by atoms with van der Waals surface area (Å²) in [5.74, 6) is 0. The van der Waals surface area contributed by atoms with E-state index in [4.69, 9.17) is 0 Å². The first-order valence-electron chi connectivity index (χ1n) is 5.88. The van der Waals surface area contributed by atoms with Crippen LogP contribution in [0.5, 0.6) is 0 Å². The smallest absolute Gasteiger partial charge is 0.0234 e. The van der Waals surface area contributed by atoms with Gasteiger partial charge in [0.05, 0.1) is 0 Å². The molecular weight excluding hydrogens is 184 g/mol. The summed E-state index contributed by atoms with van der Waals surface area (Å²) in [5.41, 5.74) is 1.43. The van der Waals surface area contributed by atoms with E-state index in [-0.39, 0.29) is 0 Å². The van der Waals surface area contributed by atoms with Crippen LogP contribution < -0.4 is 5.32 Å². The Morgan fingerprint density at radius 2 is 2.13 bits per heavy atom. The van der Waals surface area contributed by atoms with Crippen molar-refractivity contribution in [2.45, 2.75) is 25.9 Å². The third-order valence-electron chi connectivity index (χ3n) is 3.01. The second-order valence-corrected chi connectivity index (χ2v) is 4.26. The average molecular weight is 204 g/mol. The van der Waals surface area contributed by atoms with E-state index in [1.807, 2.05) is 0 Å². The van der Waals surface area contributed by atoms with Gasteiger partial charge in [-0.15, -0.1) is 0 Å². The lowest BCUT2D eigenvalue weighted by Gasteiger charge is -2.16. The summed E-state index contributed by atoms with van der Waals surface area (Å²) in [5, 5.41) is 3.52. The molecule has 1 heterocycles. The predicted molar refractivity (Wildman–Crippen MR) is 63.8 cm³/mol. The molecule has 1 fully saturated rings. The van der Waals surface area contributed by atoms with Gasteiger partial charge in [0.15, 0.2) is 0 Å². The highest BCUT2D eigenvalue weighted by Crippen LogP contribution is 2.12. The van der Waals surface area contributed by atoms with Crippen molar-refractivity contribution >= 4 is 0 Å². The highest BCUT2D eigenvalue weighted by molar-refractivity contribution is 5.14. The topological polar surface area (TPSA) is 15.3 Å². The maximum absolute atomic E-state index is 3.52. The van der Waals surface area contributed by atoms with Crippen LogP contribution in [0.15, 0.2) is 30.3 Å². The van der Waals surface area contributed by atoms with Crippen molar-refractivity contribution in [1.29, 1.82) is 0 Å². The Kier molecular flexibility index (Phi) is 3.75. The molecule has 0 radical (unpaired) electrons. The molecule has 0 aliphatic carbocycles. The molecule has 1 atom stereocenters. The molecule has 2 heteroatoms. The zero-order valence-electron chi connectivity index (χ0n) is 9.45. The van der Waals surface area contributed by atoms with Gasteiger partial charge in [-0.05, 0) is 18.5 Å². The molecule has 1 N–H and O–H groups in total. The minimum Gasteiger partial charge on any atom is -0.313 e. The average Bonchev–Trinajstić information content (AvgIpc) is 2.68. The Bertz CT molecular complexity index is 284.